The maximum Gasteiger partial charge on any atom is 0.319 e. The first-order valence-corrected chi connectivity index (χ1v) is 10.3. The van der Waals surface area contributed by atoms with Crippen molar-refractivity contribution in [3.8, 4) is 17.6 Å². The molecule has 0 saturated heterocycles. The second-order valence-corrected chi connectivity index (χ2v) is 7.62. The van der Waals surface area contributed by atoms with E-state index in [1.165, 1.54) is 0 Å². The number of nitriles is 1. The molecule has 11 nitrogen and oxygen atoms in total. The molecule has 1 aliphatic heterocycles. The molecule has 32 heavy (non-hydrogen) atoms. The molecule has 3 aromatic rings. The summed E-state index contributed by atoms with van der Waals surface area (Å²) in [5.74, 6) is 2.56. The molecule has 0 bridgehead atoms. The number of nitrogens with zero attached hydrogens (tertiary/aromatic N) is 4. The molecule has 1 saturated carbocycles. The van der Waals surface area contributed by atoms with Crippen molar-refractivity contribution in [3.05, 3.63) is 30.5 Å². The quantitative estimate of drug-likeness (QED) is 0.481. The average molecular weight is 434 g/mol. The second kappa shape index (κ2) is 8.14. The highest BCUT2D eigenvalue weighted by atomic mass is 16.6. The Kier molecular flexibility index (Phi) is 5.03. The Morgan fingerprint density at radius 2 is 2.09 bits per heavy atom. The topological polar surface area (TPSA) is 138 Å². The molecule has 4 N–H and O–H groups in total. The van der Waals surface area contributed by atoms with Crippen LogP contribution in [0.5, 0.6) is 11.5 Å². The third kappa shape index (κ3) is 3.66. The molecule has 1 aromatic carbocycles. The molecule has 2 amide bonds. The molecule has 2 aliphatic rings. The monoisotopic (exact) mass is 434 g/mol. The van der Waals surface area contributed by atoms with Gasteiger partial charge in [-0.15, -0.1) is 0 Å². The molecule has 11 heteroatoms. The van der Waals surface area contributed by atoms with Gasteiger partial charge in [0, 0.05) is 19.2 Å². The number of anilines is 4. The number of benzene rings is 1. The Hall–Kier alpha value is -4.20. The molecule has 1 aliphatic carbocycles. The van der Waals surface area contributed by atoms with Crippen LogP contribution in [0.25, 0.3) is 5.65 Å². The van der Waals surface area contributed by atoms with E-state index in [2.05, 4.69) is 37.4 Å². The number of aromatic nitrogens is 3. The van der Waals surface area contributed by atoms with Crippen LogP contribution in [0.1, 0.15) is 12.8 Å². The van der Waals surface area contributed by atoms with Gasteiger partial charge in [0.1, 0.15) is 30.5 Å². The third-order valence-corrected chi connectivity index (χ3v) is 5.46. The van der Waals surface area contributed by atoms with Crippen LogP contribution in [0.15, 0.2) is 30.5 Å². The molecule has 1 fully saturated rings. The maximum absolute atomic E-state index is 12.4. The van der Waals surface area contributed by atoms with Crippen molar-refractivity contribution in [1.82, 2.24) is 19.9 Å². The van der Waals surface area contributed by atoms with Gasteiger partial charge in [-0.2, -0.15) is 14.9 Å². The Morgan fingerprint density at radius 1 is 1.25 bits per heavy atom. The van der Waals surface area contributed by atoms with E-state index < -0.39 is 0 Å². The second-order valence-electron chi connectivity index (χ2n) is 7.62. The van der Waals surface area contributed by atoms with Gasteiger partial charge in [0.15, 0.2) is 17.1 Å². The minimum atomic E-state index is -0.352. The van der Waals surface area contributed by atoms with E-state index >= 15 is 0 Å². The Morgan fingerprint density at radius 3 is 2.91 bits per heavy atom. The predicted molar refractivity (Wildman–Crippen MR) is 118 cm³/mol. The van der Waals surface area contributed by atoms with Crippen LogP contribution in [-0.4, -0.2) is 46.9 Å². The first-order chi connectivity index (χ1) is 15.6. The van der Waals surface area contributed by atoms with Crippen molar-refractivity contribution < 1.29 is 14.3 Å². The molecular weight excluding hydrogens is 412 g/mol. The first-order valence-electron chi connectivity index (χ1n) is 10.3. The van der Waals surface area contributed by atoms with Crippen LogP contribution in [0, 0.1) is 17.2 Å². The maximum atomic E-state index is 12.4. The summed E-state index contributed by atoms with van der Waals surface area (Å²) in [6, 6.07) is 9.28. The van der Waals surface area contributed by atoms with Crippen molar-refractivity contribution >= 4 is 34.7 Å². The Bertz CT molecular complexity index is 1210. The molecule has 0 radical (unpaired) electrons. The highest BCUT2D eigenvalue weighted by molar-refractivity contribution is 5.93. The summed E-state index contributed by atoms with van der Waals surface area (Å²) >= 11 is 0. The fourth-order valence-corrected chi connectivity index (χ4v) is 3.79. The number of carbonyl (C=O) groups is 1. The van der Waals surface area contributed by atoms with Crippen LogP contribution in [-0.2, 0) is 0 Å². The molecule has 0 spiro atoms. The highest BCUT2D eigenvalue weighted by Gasteiger charge is 2.30. The van der Waals surface area contributed by atoms with Crippen LogP contribution >= 0.6 is 0 Å². The summed E-state index contributed by atoms with van der Waals surface area (Å²) in [6.07, 6.45) is 2.89. The van der Waals surface area contributed by atoms with E-state index in [1.54, 1.807) is 17.8 Å². The number of amides is 2. The summed E-state index contributed by atoms with van der Waals surface area (Å²) in [5, 5.41) is 25.3. The number of fused-ring (bicyclic) bond motifs is 2. The number of hydrogen-bond acceptors (Lipinski definition) is 8. The molecule has 164 valence electrons. The molecule has 5 rings (SSSR count). The van der Waals surface area contributed by atoms with Crippen LogP contribution in [0.3, 0.4) is 0 Å². The van der Waals surface area contributed by atoms with Crippen molar-refractivity contribution in [3.63, 3.8) is 0 Å². The number of nitrogens with one attached hydrogen (secondary N) is 4. The van der Waals surface area contributed by atoms with Crippen molar-refractivity contribution in [1.29, 1.82) is 5.26 Å². The van der Waals surface area contributed by atoms with Gasteiger partial charge in [0.2, 0.25) is 0 Å². The van der Waals surface area contributed by atoms with Gasteiger partial charge < -0.3 is 30.7 Å². The van der Waals surface area contributed by atoms with E-state index in [4.69, 9.17) is 14.7 Å². The zero-order valence-corrected chi connectivity index (χ0v) is 17.4. The Balaban J connectivity index is 1.39. The van der Waals surface area contributed by atoms with E-state index in [1.807, 2.05) is 24.3 Å². The largest absolute Gasteiger partial charge is 0.486 e. The summed E-state index contributed by atoms with van der Waals surface area (Å²) in [6.45, 7) is 0.983. The van der Waals surface area contributed by atoms with Crippen LogP contribution in [0.2, 0.25) is 0 Å². The zero-order valence-electron chi connectivity index (χ0n) is 17.4. The van der Waals surface area contributed by atoms with Crippen LogP contribution < -0.4 is 30.7 Å². The lowest BCUT2D eigenvalue weighted by molar-refractivity contribution is 0.172. The average Bonchev–Trinajstić information content (AvgIpc) is 3.18. The number of ether oxygens (including phenoxy) is 2. The van der Waals surface area contributed by atoms with Gasteiger partial charge in [0.25, 0.3) is 0 Å². The van der Waals surface area contributed by atoms with Crippen LogP contribution in [0.4, 0.5) is 27.8 Å². The number of carbonyl (C=O) groups excluding carboxylic acids is 1. The van der Waals surface area contributed by atoms with E-state index in [0.29, 0.717) is 60.5 Å². The smallest absolute Gasteiger partial charge is 0.319 e. The third-order valence-electron chi connectivity index (χ3n) is 5.46. The summed E-state index contributed by atoms with van der Waals surface area (Å²) in [5.41, 5.74) is 1.67. The highest BCUT2D eigenvalue weighted by Crippen LogP contribution is 2.39. The number of rotatable bonds is 5. The first kappa shape index (κ1) is 19.7. The van der Waals surface area contributed by atoms with Gasteiger partial charge in [0.05, 0.1) is 23.9 Å². The van der Waals surface area contributed by atoms with E-state index in [0.717, 1.165) is 5.69 Å². The summed E-state index contributed by atoms with van der Waals surface area (Å²) < 4.78 is 13.0. The molecule has 0 atom stereocenters. The minimum absolute atomic E-state index is 0.00558. The predicted octanol–water partition coefficient (Wildman–Crippen LogP) is 2.71. The lowest BCUT2D eigenvalue weighted by atomic mass is 9.81. The van der Waals surface area contributed by atoms with E-state index in [9.17, 15) is 4.79 Å². The molecule has 2 aromatic heterocycles. The van der Waals surface area contributed by atoms with Crippen molar-refractivity contribution in [2.24, 2.45) is 5.92 Å². The van der Waals surface area contributed by atoms with Gasteiger partial charge >= 0.3 is 6.03 Å². The fourth-order valence-electron chi connectivity index (χ4n) is 3.79. The zero-order chi connectivity index (χ0) is 22.1. The lowest BCUT2D eigenvalue weighted by Gasteiger charge is -2.31. The SMILES string of the molecule is CNc1cc(Nc2cccc3c2OCCO3)nc2c(NC(=O)NC3CC(C#N)C3)cnn12. The fraction of sp³-hybridized carbons (Fsp3) is 0.333. The number of hydrogen-bond donors (Lipinski definition) is 4. The van der Waals surface area contributed by atoms with Gasteiger partial charge in [-0.05, 0) is 25.0 Å². The van der Waals surface area contributed by atoms with Gasteiger partial charge in [-0.25, -0.2) is 9.78 Å². The molecule has 3 heterocycles. The van der Waals surface area contributed by atoms with E-state index in [-0.39, 0.29) is 18.0 Å². The Labute approximate surface area is 183 Å². The standard InChI is InChI=1S/C21H22N8O3/c1-23-18-9-17(26-14-3-2-4-16-19(14)32-6-5-31-16)28-20-15(11-24-29(18)20)27-21(30)25-13-7-12(8-13)10-22/h2-4,9,11-13,23H,5-8H2,1H3,(H,26,28)(H2,25,27,30). The van der Waals surface area contributed by atoms with Gasteiger partial charge in [-0.1, -0.05) is 6.07 Å². The minimum Gasteiger partial charge on any atom is -0.486 e. The van der Waals surface area contributed by atoms with Gasteiger partial charge in [-0.3, -0.25) is 0 Å². The summed E-state index contributed by atoms with van der Waals surface area (Å²) in [7, 11) is 1.78. The normalized spacial score (nSPS) is 18.9. The van der Waals surface area contributed by atoms with Crippen molar-refractivity contribution in [2.75, 3.05) is 36.2 Å². The summed E-state index contributed by atoms with van der Waals surface area (Å²) in [4.78, 5) is 17.1. The molecular formula is C21H22N8O3. The lowest BCUT2D eigenvalue weighted by Crippen LogP contribution is -2.45. The molecule has 0 unspecified atom stereocenters. The van der Waals surface area contributed by atoms with Crippen molar-refractivity contribution in [2.45, 2.75) is 18.9 Å². The number of para-hydroxylation sites is 1. The number of urea groups is 1.